The second-order valence-electron chi connectivity index (χ2n) is 6.03. The van der Waals surface area contributed by atoms with Crippen molar-refractivity contribution in [3.63, 3.8) is 0 Å². The maximum absolute atomic E-state index is 12.8. The molecule has 0 unspecified atom stereocenters. The van der Waals surface area contributed by atoms with Crippen LogP contribution in [0.15, 0.2) is 18.2 Å². The molecule has 0 saturated carbocycles. The summed E-state index contributed by atoms with van der Waals surface area (Å²) in [5, 5.41) is 4.11. The Kier molecular flexibility index (Phi) is 6.13. The minimum Gasteiger partial charge on any atom is -0.486 e. The zero-order chi connectivity index (χ0) is 21.0. The first-order valence-electron chi connectivity index (χ1n) is 8.68. The van der Waals surface area contributed by atoms with Gasteiger partial charge in [-0.15, -0.1) is 0 Å². The lowest BCUT2D eigenvalue weighted by Crippen LogP contribution is -2.19. The number of carbonyl (C=O) groups is 3. The maximum atomic E-state index is 12.8. The molecule has 1 aromatic heterocycles. The minimum atomic E-state index is -0.757. The van der Waals surface area contributed by atoms with Crippen LogP contribution in [-0.4, -0.2) is 62.0 Å². The Morgan fingerprint density at radius 3 is 2.38 bits per heavy atom. The fraction of sp³-hybridized carbons (Fsp3) is 0.368. The number of aromatic nitrogens is 2. The van der Waals surface area contributed by atoms with E-state index in [0.717, 1.165) is 4.68 Å². The number of hydrogen-bond acceptors (Lipinski definition) is 9. The van der Waals surface area contributed by atoms with E-state index in [4.69, 9.17) is 23.7 Å². The van der Waals surface area contributed by atoms with Crippen molar-refractivity contribution in [2.75, 3.05) is 34.5 Å². The summed E-state index contributed by atoms with van der Waals surface area (Å²) in [4.78, 5) is 37.2. The molecule has 1 aliphatic rings. The zero-order valence-electron chi connectivity index (χ0n) is 16.2. The number of methoxy groups -OCH3 is 3. The summed E-state index contributed by atoms with van der Waals surface area (Å²) in [5.74, 6) is -0.846. The van der Waals surface area contributed by atoms with Gasteiger partial charge in [0.1, 0.15) is 19.8 Å². The van der Waals surface area contributed by atoms with Gasteiger partial charge in [-0.1, -0.05) is 0 Å². The molecule has 3 rings (SSSR count). The number of benzene rings is 1. The largest absolute Gasteiger partial charge is 0.486 e. The number of ether oxygens (including phenoxy) is 5. The first-order valence-corrected chi connectivity index (χ1v) is 8.68. The molecule has 0 N–H and O–H groups in total. The van der Waals surface area contributed by atoms with Crippen LogP contribution < -0.4 is 9.47 Å². The average molecular weight is 404 g/mol. The Balaban J connectivity index is 1.98. The van der Waals surface area contributed by atoms with Gasteiger partial charge in [0.25, 0.3) is 0 Å². The highest BCUT2D eigenvalue weighted by atomic mass is 16.6. The molecule has 0 radical (unpaired) electrons. The van der Waals surface area contributed by atoms with E-state index in [1.807, 2.05) is 0 Å². The number of hydrogen-bond donors (Lipinski definition) is 0. The van der Waals surface area contributed by atoms with Crippen molar-refractivity contribution < 1.29 is 38.1 Å². The van der Waals surface area contributed by atoms with Gasteiger partial charge >= 0.3 is 11.9 Å². The lowest BCUT2D eigenvalue weighted by molar-refractivity contribution is 0.0579. The molecule has 1 aromatic carbocycles. The highest BCUT2D eigenvalue weighted by molar-refractivity contribution is 5.99. The van der Waals surface area contributed by atoms with Crippen LogP contribution in [0.25, 0.3) is 0 Å². The molecule has 0 saturated heterocycles. The molecule has 0 spiro atoms. The number of fused-ring (bicyclic) bond motifs is 1. The SMILES string of the molecule is COCc1c(C(=O)OC)nn(CC(=O)c2ccc3c(c2)OCCO3)c1C(=O)OC. The predicted octanol–water partition coefficient (Wildman–Crippen LogP) is 1.26. The van der Waals surface area contributed by atoms with E-state index in [-0.39, 0.29) is 35.9 Å². The van der Waals surface area contributed by atoms with E-state index in [9.17, 15) is 14.4 Å². The van der Waals surface area contributed by atoms with Gasteiger partial charge in [-0.2, -0.15) is 5.10 Å². The van der Waals surface area contributed by atoms with Gasteiger partial charge in [-0.05, 0) is 18.2 Å². The number of nitrogens with zero attached hydrogens (tertiary/aromatic N) is 2. The van der Waals surface area contributed by atoms with Gasteiger partial charge in [0, 0.05) is 18.2 Å². The Morgan fingerprint density at radius 2 is 1.72 bits per heavy atom. The van der Waals surface area contributed by atoms with Crippen molar-refractivity contribution >= 4 is 17.7 Å². The second-order valence-corrected chi connectivity index (χ2v) is 6.03. The summed E-state index contributed by atoms with van der Waals surface area (Å²) in [7, 11) is 3.78. The topological polar surface area (TPSA) is 115 Å². The van der Waals surface area contributed by atoms with Crippen LogP contribution in [0.4, 0.5) is 0 Å². The summed E-state index contributed by atoms with van der Waals surface area (Å²) in [6, 6.07) is 4.80. The summed E-state index contributed by atoms with van der Waals surface area (Å²) in [6.45, 7) is 0.429. The molecule has 0 atom stereocenters. The van der Waals surface area contributed by atoms with Crippen molar-refractivity contribution in [3.05, 3.63) is 40.7 Å². The van der Waals surface area contributed by atoms with Crippen LogP contribution in [-0.2, 0) is 27.4 Å². The summed E-state index contributed by atoms with van der Waals surface area (Å²) < 4.78 is 26.7. The lowest BCUT2D eigenvalue weighted by Gasteiger charge is -2.18. The quantitative estimate of drug-likeness (QED) is 0.497. The highest BCUT2D eigenvalue weighted by Gasteiger charge is 2.29. The van der Waals surface area contributed by atoms with Crippen molar-refractivity contribution in [2.45, 2.75) is 13.2 Å². The smallest absolute Gasteiger partial charge is 0.358 e. The Labute approximate surface area is 166 Å². The Hall–Kier alpha value is -3.40. The standard InChI is InChI=1S/C19H20N2O8/c1-25-10-12-16(18(23)26-2)20-21(17(12)19(24)27-3)9-13(22)11-4-5-14-15(8-11)29-7-6-28-14/h4-5,8H,6-7,9-10H2,1-3H3. The van der Waals surface area contributed by atoms with Crippen LogP contribution >= 0.6 is 0 Å². The summed E-state index contributed by atoms with van der Waals surface area (Å²) in [6.07, 6.45) is 0. The minimum absolute atomic E-state index is 0.0550. The zero-order valence-corrected chi connectivity index (χ0v) is 16.2. The molecule has 29 heavy (non-hydrogen) atoms. The van der Waals surface area contributed by atoms with Gasteiger partial charge < -0.3 is 23.7 Å². The second kappa shape index (κ2) is 8.74. The van der Waals surface area contributed by atoms with Crippen LogP contribution in [0.3, 0.4) is 0 Å². The molecule has 10 nitrogen and oxygen atoms in total. The summed E-state index contributed by atoms with van der Waals surface area (Å²) >= 11 is 0. The first kappa shape index (κ1) is 20.3. The third-order valence-corrected chi connectivity index (χ3v) is 4.25. The normalized spacial score (nSPS) is 12.4. The monoisotopic (exact) mass is 404 g/mol. The van der Waals surface area contributed by atoms with Crippen molar-refractivity contribution in [1.29, 1.82) is 0 Å². The molecular formula is C19H20N2O8. The van der Waals surface area contributed by atoms with Gasteiger partial charge in [0.15, 0.2) is 28.7 Å². The van der Waals surface area contributed by atoms with Gasteiger partial charge in [-0.25, -0.2) is 14.3 Å². The number of ketones is 1. The fourth-order valence-electron chi connectivity index (χ4n) is 2.92. The number of Topliss-reactive ketones (excluding diaryl/α,β-unsaturated/α-hetero) is 1. The van der Waals surface area contributed by atoms with Crippen molar-refractivity contribution in [3.8, 4) is 11.5 Å². The van der Waals surface area contributed by atoms with E-state index in [0.29, 0.717) is 30.3 Å². The molecule has 0 fully saturated rings. The predicted molar refractivity (Wildman–Crippen MR) is 97.4 cm³/mol. The van der Waals surface area contributed by atoms with E-state index in [1.54, 1.807) is 18.2 Å². The molecule has 0 amide bonds. The van der Waals surface area contributed by atoms with E-state index >= 15 is 0 Å². The van der Waals surface area contributed by atoms with Crippen molar-refractivity contribution in [1.82, 2.24) is 9.78 Å². The summed E-state index contributed by atoms with van der Waals surface area (Å²) in [5.41, 5.74) is 0.347. The van der Waals surface area contributed by atoms with Gasteiger partial charge in [0.05, 0.1) is 20.8 Å². The van der Waals surface area contributed by atoms with E-state index in [2.05, 4.69) is 5.10 Å². The Bertz CT molecular complexity index is 950. The molecule has 0 bridgehead atoms. The average Bonchev–Trinajstić information content (AvgIpc) is 3.10. The number of rotatable bonds is 7. The molecule has 0 aliphatic carbocycles. The molecule has 1 aliphatic heterocycles. The van der Waals surface area contributed by atoms with Crippen LogP contribution in [0.5, 0.6) is 11.5 Å². The van der Waals surface area contributed by atoms with Gasteiger partial charge in [0.2, 0.25) is 0 Å². The fourth-order valence-corrected chi connectivity index (χ4v) is 2.92. The molecule has 154 valence electrons. The first-order chi connectivity index (χ1) is 14.0. The van der Waals surface area contributed by atoms with E-state index in [1.165, 1.54) is 21.3 Å². The molecular weight excluding hydrogens is 384 g/mol. The third-order valence-electron chi connectivity index (χ3n) is 4.25. The number of esters is 2. The highest BCUT2D eigenvalue weighted by Crippen LogP contribution is 2.31. The molecule has 2 heterocycles. The van der Waals surface area contributed by atoms with Crippen LogP contribution in [0.1, 0.15) is 36.9 Å². The Morgan fingerprint density at radius 1 is 1.03 bits per heavy atom. The van der Waals surface area contributed by atoms with E-state index < -0.39 is 11.9 Å². The van der Waals surface area contributed by atoms with Crippen LogP contribution in [0.2, 0.25) is 0 Å². The van der Waals surface area contributed by atoms with Gasteiger partial charge in [-0.3, -0.25) is 4.79 Å². The third kappa shape index (κ3) is 4.06. The maximum Gasteiger partial charge on any atom is 0.358 e. The molecule has 2 aromatic rings. The lowest BCUT2D eigenvalue weighted by atomic mass is 10.1. The molecule has 10 heteroatoms. The van der Waals surface area contributed by atoms with Crippen LogP contribution in [0, 0.1) is 0 Å². The number of carbonyl (C=O) groups excluding carboxylic acids is 3. The van der Waals surface area contributed by atoms with Crippen molar-refractivity contribution in [2.24, 2.45) is 0 Å².